The molecule has 1 aliphatic rings. The zero-order valence-electron chi connectivity index (χ0n) is 11.2. The van der Waals surface area contributed by atoms with Gasteiger partial charge in [0.1, 0.15) is 5.82 Å². The lowest BCUT2D eigenvalue weighted by molar-refractivity contribution is 0.0178. The second-order valence-corrected chi connectivity index (χ2v) is 6.36. The minimum Gasteiger partial charge on any atom is -0.373 e. The van der Waals surface area contributed by atoms with Gasteiger partial charge in [-0.3, -0.25) is 0 Å². The maximum absolute atomic E-state index is 12.9. The Balaban J connectivity index is 1.65. The molecule has 0 amide bonds. The number of halogens is 1. The molecule has 2 aromatic carbocycles. The van der Waals surface area contributed by atoms with Crippen molar-refractivity contribution in [3.8, 4) is 0 Å². The molecule has 0 saturated carbocycles. The van der Waals surface area contributed by atoms with Crippen LogP contribution in [0.1, 0.15) is 24.5 Å². The minimum atomic E-state index is -0.177. The normalized spacial score (nSPS) is 22.6. The van der Waals surface area contributed by atoms with Crippen LogP contribution in [0.25, 0.3) is 0 Å². The van der Waals surface area contributed by atoms with Crippen molar-refractivity contribution in [2.24, 2.45) is 0 Å². The maximum Gasteiger partial charge on any atom is 0.123 e. The van der Waals surface area contributed by atoms with Crippen LogP contribution in [-0.4, -0.2) is 11.9 Å². The van der Waals surface area contributed by atoms with Crippen LogP contribution in [0.2, 0.25) is 0 Å². The van der Waals surface area contributed by atoms with E-state index in [1.807, 2.05) is 30.0 Å². The SMILES string of the molecule is Fc1ccc(S[C@@H]2CCO[C@H](c3ccccc3)C2)cc1. The molecule has 1 saturated heterocycles. The van der Waals surface area contributed by atoms with Crippen molar-refractivity contribution in [2.45, 2.75) is 29.1 Å². The molecule has 2 atom stereocenters. The van der Waals surface area contributed by atoms with Gasteiger partial charge in [0.15, 0.2) is 0 Å². The van der Waals surface area contributed by atoms with Gasteiger partial charge in [0, 0.05) is 16.8 Å². The van der Waals surface area contributed by atoms with Crippen LogP contribution < -0.4 is 0 Å². The van der Waals surface area contributed by atoms with E-state index in [9.17, 15) is 4.39 Å². The van der Waals surface area contributed by atoms with Crippen molar-refractivity contribution in [1.82, 2.24) is 0 Å². The highest BCUT2D eigenvalue weighted by atomic mass is 32.2. The lowest BCUT2D eigenvalue weighted by Gasteiger charge is -2.29. The summed E-state index contributed by atoms with van der Waals surface area (Å²) in [5, 5.41) is 0.527. The first-order valence-corrected chi connectivity index (χ1v) is 7.78. The summed E-state index contributed by atoms with van der Waals surface area (Å²) in [5.74, 6) is -0.177. The fourth-order valence-electron chi connectivity index (χ4n) is 2.48. The van der Waals surface area contributed by atoms with Gasteiger partial charge in [-0.15, -0.1) is 11.8 Å². The zero-order valence-corrected chi connectivity index (χ0v) is 12.0. The predicted molar refractivity (Wildman–Crippen MR) is 80.4 cm³/mol. The Hall–Kier alpha value is -1.32. The Labute approximate surface area is 123 Å². The van der Waals surface area contributed by atoms with Crippen LogP contribution in [0.3, 0.4) is 0 Å². The lowest BCUT2D eigenvalue weighted by Crippen LogP contribution is -2.21. The highest BCUT2D eigenvalue weighted by Gasteiger charge is 2.24. The van der Waals surface area contributed by atoms with E-state index in [1.54, 1.807) is 0 Å². The fourth-order valence-corrected chi connectivity index (χ4v) is 3.64. The summed E-state index contributed by atoms with van der Waals surface area (Å²) >= 11 is 1.82. The Kier molecular flexibility index (Phi) is 4.38. The molecule has 2 aromatic rings. The number of hydrogen-bond acceptors (Lipinski definition) is 2. The minimum absolute atomic E-state index is 0.177. The summed E-state index contributed by atoms with van der Waals surface area (Å²) in [7, 11) is 0. The molecule has 1 aliphatic heterocycles. The summed E-state index contributed by atoms with van der Waals surface area (Å²) in [4.78, 5) is 1.13. The van der Waals surface area contributed by atoms with E-state index in [1.165, 1.54) is 17.7 Å². The molecule has 3 heteroatoms. The molecule has 20 heavy (non-hydrogen) atoms. The largest absolute Gasteiger partial charge is 0.373 e. The van der Waals surface area contributed by atoms with Crippen LogP contribution in [0.4, 0.5) is 4.39 Å². The summed E-state index contributed by atoms with van der Waals surface area (Å²) in [5.41, 5.74) is 1.25. The molecule has 104 valence electrons. The van der Waals surface area contributed by atoms with Crippen molar-refractivity contribution in [3.05, 3.63) is 66.0 Å². The highest BCUT2D eigenvalue weighted by molar-refractivity contribution is 8.00. The molecular weight excluding hydrogens is 271 g/mol. The molecule has 0 radical (unpaired) electrons. The van der Waals surface area contributed by atoms with Gasteiger partial charge in [-0.05, 0) is 42.7 Å². The number of ether oxygens (including phenoxy) is 1. The lowest BCUT2D eigenvalue weighted by atomic mass is 10.0. The van der Waals surface area contributed by atoms with Crippen LogP contribution in [-0.2, 0) is 4.74 Å². The van der Waals surface area contributed by atoms with Crippen molar-refractivity contribution in [3.63, 3.8) is 0 Å². The predicted octanol–water partition coefficient (Wildman–Crippen LogP) is 4.84. The molecule has 0 aromatic heterocycles. The van der Waals surface area contributed by atoms with Crippen molar-refractivity contribution in [1.29, 1.82) is 0 Å². The van der Waals surface area contributed by atoms with Gasteiger partial charge in [-0.1, -0.05) is 30.3 Å². The summed E-state index contributed by atoms with van der Waals surface area (Å²) in [6.45, 7) is 0.790. The Morgan fingerprint density at radius 1 is 1.00 bits per heavy atom. The third-order valence-corrected chi connectivity index (χ3v) is 4.83. The summed E-state index contributed by atoms with van der Waals surface area (Å²) in [6, 6.07) is 17.1. The van der Waals surface area contributed by atoms with E-state index in [0.717, 1.165) is 24.3 Å². The summed E-state index contributed by atoms with van der Waals surface area (Å²) < 4.78 is 18.8. The smallest absolute Gasteiger partial charge is 0.123 e. The van der Waals surface area contributed by atoms with Crippen molar-refractivity contribution < 1.29 is 9.13 Å². The standard InChI is InChI=1S/C17H17FOS/c18-14-6-8-15(9-7-14)20-16-10-11-19-17(12-16)13-4-2-1-3-5-13/h1-9,16-17H,10-12H2/t16-,17+/m1/s1. The number of thioether (sulfide) groups is 1. The molecule has 1 fully saturated rings. The molecule has 0 spiro atoms. The van der Waals surface area contributed by atoms with Crippen LogP contribution in [0.15, 0.2) is 59.5 Å². The van der Waals surface area contributed by atoms with E-state index in [4.69, 9.17) is 4.74 Å². The Morgan fingerprint density at radius 2 is 1.75 bits per heavy atom. The van der Waals surface area contributed by atoms with Crippen LogP contribution in [0, 0.1) is 5.82 Å². The number of rotatable bonds is 3. The molecular formula is C17H17FOS. The zero-order chi connectivity index (χ0) is 13.8. The van der Waals surface area contributed by atoms with Crippen LogP contribution in [0.5, 0.6) is 0 Å². The van der Waals surface area contributed by atoms with E-state index < -0.39 is 0 Å². The quantitative estimate of drug-likeness (QED) is 0.799. The van der Waals surface area contributed by atoms with Gasteiger partial charge in [-0.25, -0.2) is 4.39 Å². The van der Waals surface area contributed by atoms with Crippen LogP contribution >= 0.6 is 11.8 Å². The fraction of sp³-hybridized carbons (Fsp3) is 0.294. The first kappa shape index (κ1) is 13.7. The maximum atomic E-state index is 12.9. The molecule has 1 heterocycles. The first-order valence-electron chi connectivity index (χ1n) is 6.90. The monoisotopic (exact) mass is 288 g/mol. The van der Waals surface area contributed by atoms with Gasteiger partial charge < -0.3 is 4.74 Å². The highest BCUT2D eigenvalue weighted by Crippen LogP contribution is 2.37. The van der Waals surface area contributed by atoms with Gasteiger partial charge in [0.2, 0.25) is 0 Å². The average molecular weight is 288 g/mol. The molecule has 0 bridgehead atoms. The number of hydrogen-bond donors (Lipinski definition) is 0. The van der Waals surface area contributed by atoms with E-state index in [2.05, 4.69) is 24.3 Å². The van der Waals surface area contributed by atoms with Crippen molar-refractivity contribution in [2.75, 3.05) is 6.61 Å². The summed E-state index contributed by atoms with van der Waals surface area (Å²) in [6.07, 6.45) is 2.24. The second-order valence-electron chi connectivity index (χ2n) is 4.99. The first-order chi connectivity index (χ1) is 9.81. The Morgan fingerprint density at radius 3 is 2.50 bits per heavy atom. The molecule has 0 unspecified atom stereocenters. The van der Waals surface area contributed by atoms with Gasteiger partial charge in [0.25, 0.3) is 0 Å². The van der Waals surface area contributed by atoms with Gasteiger partial charge in [0.05, 0.1) is 6.10 Å². The van der Waals surface area contributed by atoms with E-state index >= 15 is 0 Å². The molecule has 0 aliphatic carbocycles. The third-order valence-electron chi connectivity index (χ3n) is 3.52. The van der Waals surface area contributed by atoms with Crippen molar-refractivity contribution >= 4 is 11.8 Å². The average Bonchev–Trinajstić information content (AvgIpc) is 2.51. The van der Waals surface area contributed by atoms with E-state index in [0.29, 0.717) is 5.25 Å². The topological polar surface area (TPSA) is 9.23 Å². The third kappa shape index (κ3) is 3.41. The van der Waals surface area contributed by atoms with Gasteiger partial charge >= 0.3 is 0 Å². The number of benzene rings is 2. The van der Waals surface area contributed by atoms with E-state index in [-0.39, 0.29) is 11.9 Å². The Bertz CT molecular complexity index is 541. The second kappa shape index (κ2) is 6.42. The molecule has 3 rings (SSSR count). The molecule has 1 nitrogen and oxygen atoms in total. The van der Waals surface area contributed by atoms with Gasteiger partial charge in [-0.2, -0.15) is 0 Å². The molecule has 0 N–H and O–H groups in total.